The number of nitrogens with one attached hydrogen (secondary N) is 1. The second-order valence-corrected chi connectivity index (χ2v) is 6.14. The smallest absolute Gasteiger partial charge is 0.279 e. The van der Waals surface area contributed by atoms with Crippen molar-refractivity contribution in [3.63, 3.8) is 0 Å². The molecule has 7 heteroatoms. The van der Waals surface area contributed by atoms with Gasteiger partial charge in [0.05, 0.1) is 6.07 Å². The molecule has 0 spiro atoms. The van der Waals surface area contributed by atoms with Gasteiger partial charge in [-0.1, -0.05) is 0 Å². The van der Waals surface area contributed by atoms with Crippen LogP contribution in [0.2, 0.25) is 0 Å². The first-order chi connectivity index (χ1) is 7.33. The molecule has 0 radical (unpaired) electrons. The van der Waals surface area contributed by atoms with E-state index in [1.54, 1.807) is 0 Å². The zero-order chi connectivity index (χ0) is 12.4. The van der Waals surface area contributed by atoms with Crippen molar-refractivity contribution in [2.24, 2.45) is 0 Å². The summed E-state index contributed by atoms with van der Waals surface area (Å²) in [4.78, 5) is 1.99. The highest BCUT2D eigenvalue weighted by atomic mass is 32.2. The summed E-state index contributed by atoms with van der Waals surface area (Å²) < 4.78 is 26.7. The molecule has 1 rings (SSSR count). The quantitative estimate of drug-likeness (QED) is 0.719. The average Bonchev–Trinajstić information content (AvgIpc) is 2.29. The number of nitrogens with zero attached hydrogens (tertiary/aromatic N) is 3. The van der Waals surface area contributed by atoms with Crippen LogP contribution in [0.1, 0.15) is 13.8 Å². The van der Waals surface area contributed by atoms with Crippen LogP contribution in [0, 0.1) is 11.3 Å². The lowest BCUT2D eigenvalue weighted by atomic mass is 10.0. The molecule has 1 N–H and O–H groups in total. The Labute approximate surface area is 97.0 Å². The van der Waals surface area contributed by atoms with Gasteiger partial charge in [0.15, 0.2) is 0 Å². The molecule has 1 aliphatic heterocycles. The molecule has 16 heavy (non-hydrogen) atoms. The Morgan fingerprint density at radius 3 is 2.12 bits per heavy atom. The highest BCUT2D eigenvalue weighted by molar-refractivity contribution is 7.87. The van der Waals surface area contributed by atoms with Crippen molar-refractivity contribution in [2.75, 3.05) is 33.2 Å². The Kier molecular flexibility index (Phi) is 3.91. The largest absolute Gasteiger partial charge is 0.283 e. The Balaban J connectivity index is 2.63. The minimum atomic E-state index is -3.32. The van der Waals surface area contributed by atoms with Gasteiger partial charge in [0.25, 0.3) is 10.2 Å². The van der Waals surface area contributed by atoms with Crippen LogP contribution in [-0.4, -0.2) is 56.4 Å². The summed E-state index contributed by atoms with van der Waals surface area (Å²) in [6.07, 6.45) is 0. The number of hydrogen-bond acceptors (Lipinski definition) is 4. The number of hydrogen-bond donors (Lipinski definition) is 1. The molecular weight excluding hydrogens is 228 g/mol. The van der Waals surface area contributed by atoms with E-state index in [4.69, 9.17) is 5.26 Å². The Morgan fingerprint density at radius 1 is 1.25 bits per heavy atom. The van der Waals surface area contributed by atoms with Crippen LogP contribution < -0.4 is 4.72 Å². The Bertz CT molecular complexity index is 377. The maximum atomic E-state index is 11.5. The Hall–Kier alpha value is -0.680. The fourth-order valence-electron chi connectivity index (χ4n) is 1.69. The van der Waals surface area contributed by atoms with Gasteiger partial charge in [0, 0.05) is 33.2 Å². The summed E-state index contributed by atoms with van der Waals surface area (Å²) in [7, 11) is -1.92. The van der Waals surface area contributed by atoms with E-state index in [0.29, 0.717) is 26.2 Å². The highest BCUT2D eigenvalue weighted by Crippen LogP contribution is 2.16. The van der Waals surface area contributed by atoms with Gasteiger partial charge in [-0.05, 0) is 13.8 Å². The lowest BCUT2D eigenvalue weighted by Crippen LogP contribution is -2.56. The molecule has 0 aromatic rings. The molecule has 0 atom stereocenters. The van der Waals surface area contributed by atoms with Crippen molar-refractivity contribution in [1.29, 1.82) is 5.26 Å². The first kappa shape index (κ1) is 13.4. The summed E-state index contributed by atoms with van der Waals surface area (Å²) in [5, 5.41) is 8.98. The molecule has 1 fully saturated rings. The second kappa shape index (κ2) is 4.67. The van der Waals surface area contributed by atoms with Crippen LogP contribution in [0.15, 0.2) is 0 Å². The zero-order valence-corrected chi connectivity index (χ0v) is 10.7. The summed E-state index contributed by atoms with van der Waals surface area (Å²) in [6, 6.07) is 2.22. The van der Waals surface area contributed by atoms with E-state index in [1.807, 2.05) is 18.7 Å². The minimum absolute atomic E-state index is 0.425. The summed E-state index contributed by atoms with van der Waals surface area (Å²) in [5.74, 6) is 0. The molecule has 1 aliphatic rings. The van der Waals surface area contributed by atoms with Crippen LogP contribution in [0.4, 0.5) is 0 Å². The van der Waals surface area contributed by atoms with Gasteiger partial charge in [-0.25, -0.2) is 4.72 Å². The molecule has 0 aromatic carbocycles. The third kappa shape index (κ3) is 2.71. The topological polar surface area (TPSA) is 76.4 Å². The lowest BCUT2D eigenvalue weighted by Gasteiger charge is -2.39. The van der Waals surface area contributed by atoms with Gasteiger partial charge >= 0.3 is 0 Å². The van der Waals surface area contributed by atoms with Gasteiger partial charge < -0.3 is 0 Å². The van der Waals surface area contributed by atoms with E-state index in [2.05, 4.69) is 10.8 Å². The van der Waals surface area contributed by atoms with Crippen molar-refractivity contribution in [1.82, 2.24) is 13.9 Å². The summed E-state index contributed by atoms with van der Waals surface area (Å²) in [6.45, 7) is 5.70. The normalized spacial score (nSPS) is 20.6. The van der Waals surface area contributed by atoms with E-state index in [1.165, 1.54) is 11.4 Å². The van der Waals surface area contributed by atoms with Crippen molar-refractivity contribution < 1.29 is 8.42 Å². The van der Waals surface area contributed by atoms with Crippen LogP contribution in [0.25, 0.3) is 0 Å². The Morgan fingerprint density at radius 2 is 1.75 bits per heavy atom. The predicted octanol–water partition coefficient (Wildman–Crippen LogP) is -0.630. The molecule has 0 amide bonds. The van der Waals surface area contributed by atoms with Crippen molar-refractivity contribution in [3.05, 3.63) is 0 Å². The zero-order valence-electron chi connectivity index (χ0n) is 9.89. The second-order valence-electron chi connectivity index (χ2n) is 4.27. The maximum absolute atomic E-state index is 11.5. The molecule has 92 valence electrons. The van der Waals surface area contributed by atoms with Gasteiger partial charge in [-0.15, -0.1) is 0 Å². The summed E-state index contributed by atoms with van der Waals surface area (Å²) in [5.41, 5.74) is -0.532. The molecule has 0 aliphatic carbocycles. The van der Waals surface area contributed by atoms with Gasteiger partial charge in [-0.3, -0.25) is 4.90 Å². The average molecular weight is 246 g/mol. The van der Waals surface area contributed by atoms with E-state index in [-0.39, 0.29) is 0 Å². The van der Waals surface area contributed by atoms with E-state index in [9.17, 15) is 8.42 Å². The van der Waals surface area contributed by atoms with Gasteiger partial charge in [0.2, 0.25) is 0 Å². The third-order valence-corrected chi connectivity index (χ3v) is 4.46. The highest BCUT2D eigenvalue weighted by Gasteiger charge is 2.32. The maximum Gasteiger partial charge on any atom is 0.279 e. The number of piperazine rings is 1. The first-order valence-electron chi connectivity index (χ1n) is 5.18. The molecule has 0 bridgehead atoms. The monoisotopic (exact) mass is 246 g/mol. The standard InChI is InChI=1S/C9H18N4O2S/c1-9(2,8-10)12-4-6-13(7-5-12)16(14,15)11-3/h11H,4-7H2,1-3H3. The molecule has 1 saturated heterocycles. The molecular formula is C9H18N4O2S. The molecule has 0 saturated carbocycles. The van der Waals surface area contributed by atoms with E-state index in [0.717, 1.165) is 0 Å². The fraction of sp³-hybridized carbons (Fsp3) is 0.889. The van der Waals surface area contributed by atoms with E-state index < -0.39 is 15.7 Å². The van der Waals surface area contributed by atoms with Crippen molar-refractivity contribution >= 4 is 10.2 Å². The SMILES string of the molecule is CNS(=O)(=O)N1CCN(C(C)(C)C#N)CC1. The first-order valence-corrected chi connectivity index (χ1v) is 6.62. The molecule has 0 aromatic heterocycles. The number of nitriles is 1. The van der Waals surface area contributed by atoms with E-state index >= 15 is 0 Å². The van der Waals surface area contributed by atoms with Crippen LogP contribution in [-0.2, 0) is 10.2 Å². The van der Waals surface area contributed by atoms with Gasteiger partial charge in [0.1, 0.15) is 5.54 Å². The molecule has 1 heterocycles. The van der Waals surface area contributed by atoms with Gasteiger partial charge in [-0.2, -0.15) is 18.0 Å². The van der Waals surface area contributed by atoms with Crippen LogP contribution in [0.3, 0.4) is 0 Å². The molecule has 6 nitrogen and oxygen atoms in total. The third-order valence-electron chi connectivity index (χ3n) is 2.90. The van der Waals surface area contributed by atoms with Crippen molar-refractivity contribution in [2.45, 2.75) is 19.4 Å². The fourth-order valence-corrected chi connectivity index (χ4v) is 2.59. The van der Waals surface area contributed by atoms with Crippen LogP contribution >= 0.6 is 0 Å². The summed E-state index contributed by atoms with van der Waals surface area (Å²) >= 11 is 0. The lowest BCUT2D eigenvalue weighted by molar-refractivity contribution is 0.115. The minimum Gasteiger partial charge on any atom is -0.283 e. The molecule has 0 unspecified atom stereocenters. The van der Waals surface area contributed by atoms with Crippen LogP contribution in [0.5, 0.6) is 0 Å². The number of rotatable bonds is 3. The van der Waals surface area contributed by atoms with Crippen molar-refractivity contribution in [3.8, 4) is 6.07 Å². The predicted molar refractivity (Wildman–Crippen MR) is 60.8 cm³/mol.